The van der Waals surface area contributed by atoms with Crippen molar-refractivity contribution in [1.82, 2.24) is 39.5 Å². The van der Waals surface area contributed by atoms with Gasteiger partial charge < -0.3 is 25.2 Å². The number of fused-ring (bicyclic) bond motifs is 4. The number of carbonyl (C=O) groups excluding carboxylic acids is 5. The number of halogens is 2. The van der Waals surface area contributed by atoms with Crippen molar-refractivity contribution in [2.45, 2.75) is 88.4 Å². The van der Waals surface area contributed by atoms with Gasteiger partial charge in [-0.05, 0) is 94.5 Å². The minimum Gasteiger partial charge on any atom is -0.384 e. The van der Waals surface area contributed by atoms with E-state index in [1.54, 1.807) is 29.1 Å². The smallest absolute Gasteiger partial charge is 0.284 e. The van der Waals surface area contributed by atoms with Crippen molar-refractivity contribution < 1.29 is 37.5 Å². The molecular formula is C42H47F2N11O6. The van der Waals surface area contributed by atoms with Gasteiger partial charge in [-0.25, -0.2) is 18.3 Å². The van der Waals surface area contributed by atoms with Gasteiger partial charge in [-0.2, -0.15) is 10.2 Å². The maximum atomic E-state index is 14.3. The Morgan fingerprint density at radius 2 is 1.77 bits per heavy atom. The largest absolute Gasteiger partial charge is 0.384 e. The third-order valence-electron chi connectivity index (χ3n) is 13.5. The Bertz CT molecular complexity index is 2400. The van der Waals surface area contributed by atoms with E-state index < -0.39 is 47.7 Å². The van der Waals surface area contributed by atoms with Crippen LogP contribution in [0.3, 0.4) is 0 Å². The first-order valence-corrected chi connectivity index (χ1v) is 21.3. The number of hydrogen-bond acceptors (Lipinski definition) is 12. The van der Waals surface area contributed by atoms with Crippen LogP contribution in [0.2, 0.25) is 0 Å². The molecule has 3 aromatic heterocycles. The van der Waals surface area contributed by atoms with Gasteiger partial charge in [-0.1, -0.05) is 6.07 Å². The van der Waals surface area contributed by atoms with Crippen LogP contribution in [0, 0.1) is 11.8 Å². The van der Waals surface area contributed by atoms with E-state index in [9.17, 15) is 32.8 Å². The first-order valence-electron chi connectivity index (χ1n) is 21.3. The summed E-state index contributed by atoms with van der Waals surface area (Å²) in [5.41, 5.74) is 1.14. The molecule has 10 rings (SSSR count). The first-order chi connectivity index (χ1) is 29.6. The van der Waals surface area contributed by atoms with Crippen LogP contribution >= 0.6 is 0 Å². The molecule has 5 fully saturated rings. The summed E-state index contributed by atoms with van der Waals surface area (Å²) in [5, 5.41) is 16.9. The molecule has 3 N–H and O–H groups in total. The molecular weight excluding hydrogens is 793 g/mol. The third-order valence-corrected chi connectivity index (χ3v) is 13.5. The number of amides is 5. The van der Waals surface area contributed by atoms with E-state index in [1.807, 2.05) is 6.07 Å². The maximum Gasteiger partial charge on any atom is 0.284 e. The zero-order valence-electron chi connectivity index (χ0n) is 33.5. The average Bonchev–Trinajstić information content (AvgIpc) is 4.11. The summed E-state index contributed by atoms with van der Waals surface area (Å²) < 4.78 is 37.4. The molecule has 6 aliphatic rings. The van der Waals surface area contributed by atoms with Crippen molar-refractivity contribution >= 4 is 52.4 Å². The molecule has 5 amide bonds. The molecule has 5 aliphatic heterocycles. The highest BCUT2D eigenvalue weighted by Crippen LogP contribution is 2.37. The average molecular weight is 840 g/mol. The van der Waals surface area contributed by atoms with Crippen molar-refractivity contribution in [3.05, 3.63) is 65.2 Å². The number of aromatic nitrogens is 5. The Kier molecular flexibility index (Phi) is 10.2. The lowest BCUT2D eigenvalue weighted by atomic mass is 9.85. The number of nitrogens with one attached hydrogen (secondary N) is 3. The highest BCUT2D eigenvalue weighted by molar-refractivity contribution is 6.25. The van der Waals surface area contributed by atoms with E-state index in [4.69, 9.17) is 9.72 Å². The number of carbonyl (C=O) groups is 5. The molecule has 1 saturated carbocycles. The molecule has 320 valence electrons. The van der Waals surface area contributed by atoms with Crippen molar-refractivity contribution in [2.24, 2.45) is 11.8 Å². The number of alkyl halides is 2. The monoisotopic (exact) mass is 839 g/mol. The molecule has 2 unspecified atom stereocenters. The summed E-state index contributed by atoms with van der Waals surface area (Å²) in [4.78, 5) is 74.8. The lowest BCUT2D eigenvalue weighted by molar-refractivity contribution is -0.136. The van der Waals surface area contributed by atoms with Crippen LogP contribution in [0.4, 0.5) is 26.0 Å². The number of morpholine rings is 1. The van der Waals surface area contributed by atoms with E-state index in [-0.39, 0.29) is 53.4 Å². The molecule has 1 aromatic carbocycles. The van der Waals surface area contributed by atoms with Crippen LogP contribution in [0.5, 0.6) is 0 Å². The lowest BCUT2D eigenvalue weighted by Crippen LogP contribution is -2.54. The normalized spacial score (nSPS) is 25.9. The predicted octanol–water partition coefficient (Wildman–Crippen LogP) is 4.05. The topological polar surface area (TPSA) is 188 Å². The summed E-state index contributed by atoms with van der Waals surface area (Å²) in [6, 6.07) is 6.12. The van der Waals surface area contributed by atoms with Gasteiger partial charge in [0.1, 0.15) is 17.4 Å². The molecule has 0 spiro atoms. The molecule has 17 nitrogen and oxygen atoms in total. The molecule has 8 heterocycles. The van der Waals surface area contributed by atoms with Crippen LogP contribution in [0.25, 0.3) is 5.65 Å². The quantitative estimate of drug-likeness (QED) is 0.184. The fraction of sp³-hybridized carbons (Fsp3) is 0.524. The van der Waals surface area contributed by atoms with Gasteiger partial charge in [0.15, 0.2) is 11.3 Å². The van der Waals surface area contributed by atoms with Crippen LogP contribution < -0.4 is 20.9 Å². The Morgan fingerprint density at radius 1 is 0.951 bits per heavy atom. The minimum atomic E-state index is -2.87. The van der Waals surface area contributed by atoms with Crippen molar-refractivity contribution in [2.75, 3.05) is 54.9 Å². The molecule has 4 saturated heterocycles. The van der Waals surface area contributed by atoms with Gasteiger partial charge in [0, 0.05) is 44.1 Å². The summed E-state index contributed by atoms with van der Waals surface area (Å²) in [6.45, 7) is 4.81. The van der Waals surface area contributed by atoms with E-state index in [0.29, 0.717) is 36.3 Å². The maximum absolute atomic E-state index is 14.3. The van der Waals surface area contributed by atoms with Gasteiger partial charge in [-0.3, -0.25) is 38.9 Å². The Morgan fingerprint density at radius 3 is 2.51 bits per heavy atom. The van der Waals surface area contributed by atoms with Gasteiger partial charge in [-0.15, -0.1) is 0 Å². The fourth-order valence-electron chi connectivity index (χ4n) is 10.1. The van der Waals surface area contributed by atoms with Crippen LogP contribution in [-0.4, -0.2) is 121 Å². The van der Waals surface area contributed by atoms with E-state index >= 15 is 0 Å². The molecule has 61 heavy (non-hydrogen) atoms. The Balaban J connectivity index is 0.706. The minimum absolute atomic E-state index is 0.0186. The van der Waals surface area contributed by atoms with Crippen molar-refractivity contribution in [1.29, 1.82) is 0 Å². The SMILES string of the molecule is O=C1CCC(N2C(=O)c3cccc(NCC4CCN(C[C@H]5CC[C@H](n6cc(NC(=O)c7cnn8ccc(N9C[C@H]%10CC9CO%10)nc78)c(C(F)F)n6)CC5)CC4)c3C2=O)C(=O)N1. The number of likely N-dealkylation sites (tertiary alicyclic amines) is 1. The zero-order chi connectivity index (χ0) is 41.9. The molecule has 0 radical (unpaired) electrons. The Labute approximate surface area is 349 Å². The Hall–Kier alpha value is -5.82. The number of hydrogen-bond donors (Lipinski definition) is 3. The summed E-state index contributed by atoms with van der Waals surface area (Å²) in [7, 11) is 0. The van der Waals surface area contributed by atoms with E-state index in [1.165, 1.54) is 16.9 Å². The van der Waals surface area contributed by atoms with Gasteiger partial charge in [0.2, 0.25) is 11.8 Å². The standard InChI is InChI=1S/C42H47F2N11O6/c43-37(44)36-31(47-39(57)29-18-46-53-15-12-33(48-38(29)53)52-20-27-16-26(52)22-61-27)21-54(50-36)25-6-4-24(5-7-25)19-51-13-10-23(11-14-51)17-45-30-3-1-2-28-35(30)42(60)55(41(28)59)32-8-9-34(56)49-40(32)58/h1-3,12,15,18,21,23-27,32,37,45H,4-11,13-14,16-17,19-20,22H2,(H,47,57)(H,49,56,58)/t24-,25-,26?,27-,32?/m1/s1. The molecule has 19 heteroatoms. The summed E-state index contributed by atoms with van der Waals surface area (Å²) in [6.07, 6.45) is 8.46. The van der Waals surface area contributed by atoms with Crippen LogP contribution in [0.1, 0.15) is 107 Å². The number of nitrogens with zero attached hydrogens (tertiary/aromatic N) is 8. The summed E-state index contributed by atoms with van der Waals surface area (Å²) in [5.74, 6) is -1.12. The lowest BCUT2D eigenvalue weighted by Gasteiger charge is -2.36. The van der Waals surface area contributed by atoms with Crippen LogP contribution in [-0.2, 0) is 14.3 Å². The van der Waals surface area contributed by atoms with Crippen molar-refractivity contribution in [3.63, 3.8) is 0 Å². The van der Waals surface area contributed by atoms with Crippen LogP contribution in [0.15, 0.2) is 42.9 Å². The van der Waals surface area contributed by atoms with Gasteiger partial charge >= 0.3 is 0 Å². The van der Waals surface area contributed by atoms with Gasteiger partial charge in [0.25, 0.3) is 24.1 Å². The highest BCUT2D eigenvalue weighted by atomic mass is 19.3. The predicted molar refractivity (Wildman–Crippen MR) is 215 cm³/mol. The highest BCUT2D eigenvalue weighted by Gasteiger charge is 2.46. The molecule has 4 aromatic rings. The second-order valence-electron chi connectivity index (χ2n) is 17.2. The summed E-state index contributed by atoms with van der Waals surface area (Å²) >= 11 is 0. The number of anilines is 3. The van der Waals surface area contributed by atoms with E-state index in [2.05, 4.69) is 35.9 Å². The number of benzene rings is 1. The number of rotatable bonds is 11. The second kappa shape index (κ2) is 15.9. The van der Waals surface area contributed by atoms with E-state index in [0.717, 1.165) is 81.8 Å². The molecule has 2 bridgehead atoms. The number of imide groups is 2. The second-order valence-corrected chi connectivity index (χ2v) is 17.2. The van der Waals surface area contributed by atoms with Crippen molar-refractivity contribution in [3.8, 4) is 0 Å². The molecule has 1 aliphatic carbocycles. The third kappa shape index (κ3) is 7.40. The number of ether oxygens (including phenoxy) is 1. The zero-order valence-corrected chi connectivity index (χ0v) is 33.5. The van der Waals surface area contributed by atoms with Gasteiger partial charge in [0.05, 0.1) is 47.8 Å². The number of piperidine rings is 2. The fourth-order valence-corrected chi connectivity index (χ4v) is 10.1. The first kappa shape index (κ1) is 39.3. The molecule has 3 atom stereocenters.